The van der Waals surface area contributed by atoms with Gasteiger partial charge in [0.25, 0.3) is 11.6 Å². The summed E-state index contributed by atoms with van der Waals surface area (Å²) in [5.41, 5.74) is 0.685. The number of hydrogen-bond donors (Lipinski definition) is 0. The number of para-hydroxylation sites is 1. The van der Waals surface area contributed by atoms with Crippen molar-refractivity contribution in [1.82, 2.24) is 14.8 Å². The first-order valence-electron chi connectivity index (χ1n) is 8.62. The maximum absolute atomic E-state index is 13.2. The number of carbonyl (C=O) groups is 1. The number of aromatic nitrogens is 3. The predicted molar refractivity (Wildman–Crippen MR) is 112 cm³/mol. The van der Waals surface area contributed by atoms with Crippen LogP contribution in [0.25, 0.3) is 10.2 Å². The molecule has 0 radical (unpaired) electrons. The molecule has 29 heavy (non-hydrogen) atoms. The second kappa shape index (κ2) is 7.98. The van der Waals surface area contributed by atoms with Gasteiger partial charge in [-0.15, -0.1) is 0 Å². The second-order valence-corrected chi connectivity index (χ2v) is 7.53. The Balaban J connectivity index is 1.72. The maximum atomic E-state index is 13.2. The van der Waals surface area contributed by atoms with Crippen LogP contribution in [0.1, 0.15) is 10.4 Å². The molecule has 4 rings (SSSR count). The van der Waals surface area contributed by atoms with E-state index in [1.54, 1.807) is 35.3 Å². The summed E-state index contributed by atoms with van der Waals surface area (Å²) in [6.45, 7) is 0.734. The van der Waals surface area contributed by atoms with Gasteiger partial charge in [-0.2, -0.15) is 5.10 Å². The Morgan fingerprint density at radius 1 is 1.24 bits per heavy atom. The molecule has 8 nitrogen and oxygen atoms in total. The summed E-state index contributed by atoms with van der Waals surface area (Å²) in [6, 6.07) is 12.9. The van der Waals surface area contributed by atoms with Crippen LogP contribution in [0.2, 0.25) is 5.02 Å². The number of carbonyl (C=O) groups excluding carboxylic acids is 1. The van der Waals surface area contributed by atoms with Crippen molar-refractivity contribution in [2.45, 2.75) is 6.54 Å². The van der Waals surface area contributed by atoms with Gasteiger partial charge in [-0.1, -0.05) is 35.1 Å². The smallest absolute Gasteiger partial charge is 0.270 e. The molecule has 146 valence electrons. The van der Waals surface area contributed by atoms with Crippen LogP contribution in [0.3, 0.4) is 0 Å². The quantitative estimate of drug-likeness (QED) is 0.335. The number of amides is 1. The van der Waals surface area contributed by atoms with E-state index in [4.69, 9.17) is 11.6 Å². The van der Waals surface area contributed by atoms with Crippen LogP contribution in [0.4, 0.5) is 10.8 Å². The van der Waals surface area contributed by atoms with Crippen molar-refractivity contribution in [3.05, 3.63) is 81.6 Å². The zero-order valence-electron chi connectivity index (χ0n) is 14.9. The highest BCUT2D eigenvalue weighted by Gasteiger charge is 2.23. The lowest BCUT2D eigenvalue weighted by Gasteiger charge is -2.20. The first-order valence-corrected chi connectivity index (χ1v) is 9.81. The number of thiazole rings is 1. The molecule has 2 aromatic carbocycles. The number of hydrogen-bond acceptors (Lipinski definition) is 6. The summed E-state index contributed by atoms with van der Waals surface area (Å²) in [5.74, 6) is -0.379. The standard InChI is InChI=1S/C19H14ClN5O3S/c20-15-6-2-7-16-17(15)22-19(29-16)24(11-10-23-9-3-8-21-23)18(26)13-4-1-5-14(12-13)25(27)28/h1-9,12H,10-11H2. The number of nitro groups is 1. The third-order valence-corrected chi connectivity index (χ3v) is 5.60. The highest BCUT2D eigenvalue weighted by atomic mass is 35.5. The molecule has 0 fully saturated rings. The molecule has 0 unspecified atom stereocenters. The minimum Gasteiger partial charge on any atom is -0.282 e. The molecule has 0 bridgehead atoms. The summed E-state index contributed by atoms with van der Waals surface area (Å²) in [7, 11) is 0. The van der Waals surface area contributed by atoms with Crippen molar-refractivity contribution in [2.75, 3.05) is 11.4 Å². The van der Waals surface area contributed by atoms with E-state index in [0.717, 1.165) is 4.70 Å². The van der Waals surface area contributed by atoms with Gasteiger partial charge in [0, 0.05) is 36.6 Å². The number of rotatable bonds is 6. The van der Waals surface area contributed by atoms with E-state index in [9.17, 15) is 14.9 Å². The van der Waals surface area contributed by atoms with Crippen LogP contribution >= 0.6 is 22.9 Å². The number of fused-ring (bicyclic) bond motifs is 1. The molecule has 0 saturated carbocycles. The first-order chi connectivity index (χ1) is 14.0. The molecule has 0 saturated heterocycles. The van der Waals surface area contributed by atoms with Gasteiger partial charge in [0.1, 0.15) is 5.52 Å². The van der Waals surface area contributed by atoms with Gasteiger partial charge in [-0.05, 0) is 24.3 Å². The Morgan fingerprint density at radius 3 is 2.79 bits per heavy atom. The van der Waals surface area contributed by atoms with Crippen molar-refractivity contribution in [3.8, 4) is 0 Å². The lowest BCUT2D eigenvalue weighted by molar-refractivity contribution is -0.384. The van der Waals surface area contributed by atoms with Gasteiger partial charge < -0.3 is 0 Å². The molecule has 0 aliphatic rings. The number of benzene rings is 2. The minimum atomic E-state index is -0.525. The van der Waals surface area contributed by atoms with Crippen LogP contribution in [0.5, 0.6) is 0 Å². The normalized spacial score (nSPS) is 10.9. The van der Waals surface area contributed by atoms with Crippen molar-refractivity contribution in [2.24, 2.45) is 0 Å². The molecule has 0 N–H and O–H groups in total. The summed E-state index contributed by atoms with van der Waals surface area (Å²) < 4.78 is 2.55. The molecule has 2 heterocycles. The Hall–Kier alpha value is -3.30. The summed E-state index contributed by atoms with van der Waals surface area (Å²) in [6.07, 6.45) is 3.45. The largest absolute Gasteiger partial charge is 0.282 e. The highest BCUT2D eigenvalue weighted by Crippen LogP contribution is 2.33. The lowest BCUT2D eigenvalue weighted by Crippen LogP contribution is -2.34. The van der Waals surface area contributed by atoms with Gasteiger partial charge in [0.15, 0.2) is 5.13 Å². The maximum Gasteiger partial charge on any atom is 0.270 e. The van der Waals surface area contributed by atoms with Gasteiger partial charge in [0.2, 0.25) is 0 Å². The van der Waals surface area contributed by atoms with Crippen LogP contribution in [0, 0.1) is 10.1 Å². The summed E-state index contributed by atoms with van der Waals surface area (Å²) in [4.78, 5) is 29.9. The average Bonchev–Trinajstić information content (AvgIpc) is 3.38. The van der Waals surface area contributed by atoms with Gasteiger partial charge >= 0.3 is 0 Å². The van der Waals surface area contributed by atoms with E-state index in [-0.39, 0.29) is 17.2 Å². The van der Waals surface area contributed by atoms with Crippen LogP contribution in [-0.2, 0) is 6.54 Å². The van der Waals surface area contributed by atoms with Crippen molar-refractivity contribution in [3.63, 3.8) is 0 Å². The fraction of sp³-hybridized carbons (Fsp3) is 0.105. The van der Waals surface area contributed by atoms with E-state index in [2.05, 4.69) is 10.1 Å². The number of halogens is 1. The van der Waals surface area contributed by atoms with E-state index in [0.29, 0.717) is 28.8 Å². The zero-order chi connectivity index (χ0) is 20.4. The van der Waals surface area contributed by atoms with Gasteiger partial charge in [0.05, 0.1) is 21.2 Å². The Morgan fingerprint density at radius 2 is 2.07 bits per heavy atom. The molecular formula is C19H14ClN5O3S. The highest BCUT2D eigenvalue weighted by molar-refractivity contribution is 7.22. The third-order valence-electron chi connectivity index (χ3n) is 4.25. The van der Waals surface area contributed by atoms with Crippen molar-refractivity contribution >= 4 is 49.9 Å². The molecule has 10 heteroatoms. The number of non-ortho nitro benzene ring substituents is 1. The number of nitro benzene ring substituents is 1. The molecule has 4 aromatic rings. The van der Waals surface area contributed by atoms with Gasteiger partial charge in [-0.3, -0.25) is 24.5 Å². The molecule has 1 amide bonds. The molecule has 2 aromatic heterocycles. The Kier molecular flexibility index (Phi) is 5.24. The number of nitrogens with zero attached hydrogens (tertiary/aromatic N) is 5. The van der Waals surface area contributed by atoms with Crippen LogP contribution in [0.15, 0.2) is 60.9 Å². The fourth-order valence-corrected chi connectivity index (χ4v) is 4.14. The molecule has 0 aliphatic carbocycles. The molecule has 0 spiro atoms. The molecular weight excluding hydrogens is 414 g/mol. The van der Waals surface area contributed by atoms with Crippen molar-refractivity contribution in [1.29, 1.82) is 0 Å². The Labute approximate surface area is 174 Å². The summed E-state index contributed by atoms with van der Waals surface area (Å²) in [5, 5.41) is 16.2. The third kappa shape index (κ3) is 3.96. The number of anilines is 1. The molecule has 0 aliphatic heterocycles. The minimum absolute atomic E-state index is 0.143. The van der Waals surface area contributed by atoms with E-state index >= 15 is 0 Å². The first kappa shape index (κ1) is 19.0. The van der Waals surface area contributed by atoms with E-state index in [1.807, 2.05) is 12.1 Å². The fourth-order valence-electron chi connectivity index (χ4n) is 2.85. The SMILES string of the molecule is O=C(c1cccc([N+](=O)[O-])c1)N(CCn1cccn1)c1nc2c(Cl)cccc2s1. The van der Waals surface area contributed by atoms with E-state index < -0.39 is 4.92 Å². The van der Waals surface area contributed by atoms with Gasteiger partial charge in [-0.25, -0.2) is 4.98 Å². The second-order valence-electron chi connectivity index (χ2n) is 6.12. The Bertz CT molecular complexity index is 1190. The summed E-state index contributed by atoms with van der Waals surface area (Å²) >= 11 is 7.57. The topological polar surface area (TPSA) is 94.2 Å². The van der Waals surface area contributed by atoms with Crippen LogP contribution < -0.4 is 4.90 Å². The lowest BCUT2D eigenvalue weighted by atomic mass is 10.2. The zero-order valence-corrected chi connectivity index (χ0v) is 16.5. The predicted octanol–water partition coefficient (Wildman–Crippen LogP) is 4.40. The van der Waals surface area contributed by atoms with Crippen LogP contribution in [-0.4, -0.2) is 32.1 Å². The van der Waals surface area contributed by atoms with Crippen molar-refractivity contribution < 1.29 is 9.72 Å². The monoisotopic (exact) mass is 427 g/mol. The van der Waals surface area contributed by atoms with E-state index in [1.165, 1.54) is 34.4 Å². The average molecular weight is 428 g/mol. The molecule has 0 atom stereocenters.